The molecule has 4 nitrogen and oxygen atoms in total. The lowest BCUT2D eigenvalue weighted by molar-refractivity contribution is 0.144. The van der Waals surface area contributed by atoms with Crippen LogP contribution in [0.25, 0.3) is 0 Å². The third kappa shape index (κ3) is 6.86. The van der Waals surface area contributed by atoms with Gasteiger partial charge in [-0.2, -0.15) is 0 Å². The van der Waals surface area contributed by atoms with E-state index in [0.29, 0.717) is 0 Å². The lowest BCUT2D eigenvalue weighted by Gasteiger charge is -2.05. The molecule has 0 aromatic carbocycles. The number of amides is 1. The Kier molecular flexibility index (Phi) is 5.20. The van der Waals surface area contributed by atoms with Crippen molar-refractivity contribution in [2.24, 2.45) is 0 Å². The largest absolute Gasteiger partial charge is 0.445 e. The molecule has 0 bridgehead atoms. The summed E-state index contributed by atoms with van der Waals surface area (Å²) in [6.45, 7) is 5.34. The number of carbonyl (C=O) groups is 1. The molecule has 0 heterocycles. The molecule has 64 valence electrons. The van der Waals surface area contributed by atoms with Crippen molar-refractivity contribution in [1.29, 1.82) is 0 Å². The predicted molar refractivity (Wildman–Crippen MR) is 41.2 cm³/mol. The average Bonchev–Trinajstić information content (AvgIpc) is 1.97. The van der Waals surface area contributed by atoms with Gasteiger partial charge in [0, 0.05) is 6.54 Å². The lowest BCUT2D eigenvalue weighted by Crippen LogP contribution is -2.31. The second-order valence-electron chi connectivity index (χ2n) is 2.12. The maximum Gasteiger partial charge on any atom is 0.407 e. The van der Waals surface area contributed by atoms with Crippen LogP contribution in [0, 0.1) is 0 Å². The number of hydrogen-bond donors (Lipinski definition) is 2. The van der Waals surface area contributed by atoms with Crippen molar-refractivity contribution in [3.05, 3.63) is 12.7 Å². The molecular formula is C7H13NO3. The van der Waals surface area contributed by atoms with Crippen LogP contribution in [-0.2, 0) is 4.74 Å². The maximum atomic E-state index is 10.6. The van der Waals surface area contributed by atoms with Crippen molar-refractivity contribution in [3.63, 3.8) is 0 Å². The van der Waals surface area contributed by atoms with Gasteiger partial charge in [0.25, 0.3) is 0 Å². The summed E-state index contributed by atoms with van der Waals surface area (Å²) in [5.74, 6) is 0. The van der Waals surface area contributed by atoms with Crippen LogP contribution in [0.5, 0.6) is 0 Å². The summed E-state index contributed by atoms with van der Waals surface area (Å²) in [6, 6.07) is 0. The van der Waals surface area contributed by atoms with Crippen molar-refractivity contribution in [2.75, 3.05) is 13.2 Å². The molecule has 0 radical (unpaired) electrons. The van der Waals surface area contributed by atoms with Gasteiger partial charge in [0.15, 0.2) is 0 Å². The molecule has 0 aromatic heterocycles. The van der Waals surface area contributed by atoms with E-state index >= 15 is 0 Å². The molecule has 1 unspecified atom stereocenters. The Hall–Kier alpha value is -1.03. The summed E-state index contributed by atoms with van der Waals surface area (Å²) < 4.78 is 4.56. The number of carbonyl (C=O) groups excluding carboxylic acids is 1. The quantitative estimate of drug-likeness (QED) is 0.579. The molecule has 0 aromatic rings. The van der Waals surface area contributed by atoms with E-state index in [4.69, 9.17) is 5.11 Å². The zero-order valence-corrected chi connectivity index (χ0v) is 6.54. The first kappa shape index (κ1) is 9.97. The maximum absolute atomic E-state index is 10.6. The zero-order chi connectivity index (χ0) is 8.69. The number of ether oxygens (including phenoxy) is 1. The van der Waals surface area contributed by atoms with Crippen LogP contribution in [0.15, 0.2) is 12.7 Å². The fourth-order valence-corrected chi connectivity index (χ4v) is 0.417. The van der Waals surface area contributed by atoms with E-state index in [1.165, 1.54) is 6.08 Å². The Morgan fingerprint density at radius 3 is 3.00 bits per heavy atom. The first-order valence-electron chi connectivity index (χ1n) is 3.36. The molecule has 0 saturated heterocycles. The van der Waals surface area contributed by atoms with Crippen LogP contribution in [0.2, 0.25) is 0 Å². The van der Waals surface area contributed by atoms with E-state index in [-0.39, 0.29) is 13.2 Å². The van der Waals surface area contributed by atoms with Gasteiger partial charge in [0.05, 0.1) is 6.10 Å². The van der Waals surface area contributed by atoms with Gasteiger partial charge >= 0.3 is 6.09 Å². The van der Waals surface area contributed by atoms with Gasteiger partial charge in [0.1, 0.15) is 6.61 Å². The zero-order valence-electron chi connectivity index (χ0n) is 6.54. The Morgan fingerprint density at radius 2 is 2.55 bits per heavy atom. The highest BCUT2D eigenvalue weighted by molar-refractivity contribution is 5.67. The molecule has 0 aliphatic rings. The lowest BCUT2D eigenvalue weighted by atomic mass is 10.4. The molecule has 4 heteroatoms. The molecule has 0 aliphatic heterocycles. The van der Waals surface area contributed by atoms with Gasteiger partial charge < -0.3 is 15.2 Å². The van der Waals surface area contributed by atoms with Crippen molar-refractivity contribution in [1.82, 2.24) is 5.32 Å². The Morgan fingerprint density at radius 1 is 1.91 bits per heavy atom. The molecule has 0 saturated carbocycles. The molecule has 0 aliphatic carbocycles. The standard InChI is InChI=1S/C7H13NO3/c1-3-4-11-7(10)8-5-6(2)9/h3,6,9H,1,4-5H2,2H3,(H,8,10). The van der Waals surface area contributed by atoms with E-state index in [9.17, 15) is 4.79 Å². The molecular weight excluding hydrogens is 146 g/mol. The Bertz CT molecular complexity index is 134. The van der Waals surface area contributed by atoms with E-state index in [1.807, 2.05) is 0 Å². The minimum Gasteiger partial charge on any atom is -0.445 e. The van der Waals surface area contributed by atoms with Gasteiger partial charge in [-0.15, -0.1) is 0 Å². The van der Waals surface area contributed by atoms with Crippen LogP contribution in [-0.4, -0.2) is 30.5 Å². The SMILES string of the molecule is C=CCOC(=O)NCC(C)O. The van der Waals surface area contributed by atoms with Crippen LogP contribution >= 0.6 is 0 Å². The molecule has 0 rings (SSSR count). The topological polar surface area (TPSA) is 58.6 Å². The average molecular weight is 159 g/mol. The van der Waals surface area contributed by atoms with Crippen LogP contribution < -0.4 is 5.32 Å². The van der Waals surface area contributed by atoms with E-state index in [0.717, 1.165) is 0 Å². The molecule has 11 heavy (non-hydrogen) atoms. The highest BCUT2D eigenvalue weighted by atomic mass is 16.5. The number of nitrogens with one attached hydrogen (secondary N) is 1. The summed E-state index contributed by atoms with van der Waals surface area (Å²) in [5, 5.41) is 11.1. The Labute approximate surface area is 65.9 Å². The van der Waals surface area contributed by atoms with Gasteiger partial charge in [-0.1, -0.05) is 12.7 Å². The first-order valence-corrected chi connectivity index (χ1v) is 3.36. The molecule has 1 amide bonds. The third-order valence-electron chi connectivity index (χ3n) is 0.874. The van der Waals surface area contributed by atoms with Gasteiger partial charge in [0.2, 0.25) is 0 Å². The van der Waals surface area contributed by atoms with Gasteiger partial charge in [-0.3, -0.25) is 0 Å². The van der Waals surface area contributed by atoms with Crippen LogP contribution in [0.4, 0.5) is 4.79 Å². The number of rotatable bonds is 4. The Balaban J connectivity index is 3.29. The van der Waals surface area contributed by atoms with E-state index in [2.05, 4.69) is 16.6 Å². The third-order valence-corrected chi connectivity index (χ3v) is 0.874. The fourth-order valence-electron chi connectivity index (χ4n) is 0.417. The highest BCUT2D eigenvalue weighted by Crippen LogP contribution is 1.80. The molecule has 0 spiro atoms. The van der Waals surface area contributed by atoms with E-state index in [1.54, 1.807) is 6.92 Å². The molecule has 0 fully saturated rings. The van der Waals surface area contributed by atoms with Crippen molar-refractivity contribution < 1.29 is 14.6 Å². The summed E-state index contributed by atoms with van der Waals surface area (Å²) in [7, 11) is 0. The predicted octanol–water partition coefficient (Wildman–Crippen LogP) is 0.279. The molecule has 1 atom stereocenters. The highest BCUT2D eigenvalue weighted by Gasteiger charge is 2.00. The minimum atomic E-state index is -0.550. The van der Waals surface area contributed by atoms with E-state index < -0.39 is 12.2 Å². The van der Waals surface area contributed by atoms with Crippen molar-refractivity contribution in [2.45, 2.75) is 13.0 Å². The summed E-state index contributed by atoms with van der Waals surface area (Å²) >= 11 is 0. The number of aliphatic hydroxyl groups excluding tert-OH is 1. The summed E-state index contributed by atoms with van der Waals surface area (Å²) in [5.41, 5.74) is 0. The monoisotopic (exact) mass is 159 g/mol. The smallest absolute Gasteiger partial charge is 0.407 e. The van der Waals surface area contributed by atoms with Crippen molar-refractivity contribution in [3.8, 4) is 0 Å². The first-order chi connectivity index (χ1) is 5.16. The second-order valence-corrected chi connectivity index (χ2v) is 2.12. The minimum absolute atomic E-state index is 0.186. The number of aliphatic hydroxyl groups is 1. The van der Waals surface area contributed by atoms with Crippen molar-refractivity contribution >= 4 is 6.09 Å². The second kappa shape index (κ2) is 5.73. The number of hydrogen-bond acceptors (Lipinski definition) is 3. The van der Waals surface area contributed by atoms with Gasteiger partial charge in [-0.25, -0.2) is 4.79 Å². The fraction of sp³-hybridized carbons (Fsp3) is 0.571. The van der Waals surface area contributed by atoms with Crippen LogP contribution in [0.3, 0.4) is 0 Å². The van der Waals surface area contributed by atoms with Crippen LogP contribution in [0.1, 0.15) is 6.92 Å². The molecule has 2 N–H and O–H groups in total. The van der Waals surface area contributed by atoms with Gasteiger partial charge in [-0.05, 0) is 6.92 Å². The number of alkyl carbamates (subject to hydrolysis) is 1. The summed E-state index contributed by atoms with van der Waals surface area (Å²) in [6.07, 6.45) is 0.388. The summed E-state index contributed by atoms with van der Waals surface area (Å²) in [4.78, 5) is 10.6. The normalized spacial score (nSPS) is 11.8.